The van der Waals surface area contributed by atoms with Crippen molar-refractivity contribution in [2.75, 3.05) is 27.8 Å². The largest absolute Gasteiger partial charge is 0.496 e. The molecular formula is C21H27N3O3S. The van der Waals surface area contributed by atoms with Gasteiger partial charge in [0.05, 0.1) is 14.2 Å². The number of methoxy groups -OCH3 is 2. The van der Waals surface area contributed by atoms with E-state index in [1.807, 2.05) is 36.0 Å². The molecule has 0 aliphatic heterocycles. The number of thioether (sulfide) groups is 1. The number of carbonyl (C=O) groups is 1. The van der Waals surface area contributed by atoms with Crippen molar-refractivity contribution in [1.29, 1.82) is 0 Å². The van der Waals surface area contributed by atoms with Crippen molar-refractivity contribution in [2.45, 2.75) is 23.6 Å². The van der Waals surface area contributed by atoms with Gasteiger partial charge in [0.25, 0.3) is 0 Å². The first-order valence-electron chi connectivity index (χ1n) is 8.98. The number of hydrogen-bond acceptors (Lipinski definition) is 5. The quantitative estimate of drug-likeness (QED) is 0.306. The lowest BCUT2D eigenvalue weighted by molar-refractivity contribution is 0.0597. The SMILES string of the molecule is CN=C(NCc1ccc(OC)c(C(=O)OC)c1)NCC(C)Sc1ccccc1. The van der Waals surface area contributed by atoms with Crippen LogP contribution in [0.25, 0.3) is 0 Å². The Morgan fingerprint density at radius 3 is 2.54 bits per heavy atom. The Kier molecular flexibility index (Phi) is 8.68. The number of rotatable bonds is 8. The second kappa shape index (κ2) is 11.2. The summed E-state index contributed by atoms with van der Waals surface area (Å²) in [5, 5.41) is 6.98. The summed E-state index contributed by atoms with van der Waals surface area (Å²) in [6.45, 7) is 3.47. The number of hydrogen-bond donors (Lipinski definition) is 2. The van der Waals surface area contributed by atoms with Crippen molar-refractivity contribution in [2.24, 2.45) is 4.99 Å². The highest BCUT2D eigenvalue weighted by Gasteiger charge is 2.13. The zero-order valence-corrected chi connectivity index (χ0v) is 17.5. The maximum Gasteiger partial charge on any atom is 0.341 e. The molecule has 1 atom stereocenters. The molecule has 0 spiro atoms. The van der Waals surface area contributed by atoms with E-state index in [0.29, 0.717) is 29.1 Å². The Morgan fingerprint density at radius 2 is 1.89 bits per heavy atom. The molecule has 2 rings (SSSR count). The fourth-order valence-corrected chi connectivity index (χ4v) is 3.50. The number of carbonyl (C=O) groups excluding carboxylic acids is 1. The van der Waals surface area contributed by atoms with Crippen LogP contribution in [0, 0.1) is 0 Å². The Balaban J connectivity index is 1.89. The van der Waals surface area contributed by atoms with Crippen LogP contribution < -0.4 is 15.4 Å². The van der Waals surface area contributed by atoms with Gasteiger partial charge in [-0.05, 0) is 29.8 Å². The van der Waals surface area contributed by atoms with Gasteiger partial charge in [-0.25, -0.2) is 4.79 Å². The van der Waals surface area contributed by atoms with Gasteiger partial charge in [-0.3, -0.25) is 4.99 Å². The summed E-state index contributed by atoms with van der Waals surface area (Å²) < 4.78 is 10.0. The third-order valence-corrected chi connectivity index (χ3v) is 5.10. The van der Waals surface area contributed by atoms with Gasteiger partial charge >= 0.3 is 5.97 Å². The van der Waals surface area contributed by atoms with E-state index in [1.165, 1.54) is 19.1 Å². The lowest BCUT2D eigenvalue weighted by Crippen LogP contribution is -2.39. The van der Waals surface area contributed by atoms with Crippen molar-refractivity contribution < 1.29 is 14.3 Å². The number of esters is 1. The minimum atomic E-state index is -0.423. The van der Waals surface area contributed by atoms with Crippen LogP contribution >= 0.6 is 11.8 Å². The number of benzene rings is 2. The molecule has 0 saturated carbocycles. The van der Waals surface area contributed by atoms with E-state index in [9.17, 15) is 4.79 Å². The number of nitrogens with zero attached hydrogens (tertiary/aromatic N) is 1. The van der Waals surface area contributed by atoms with E-state index in [4.69, 9.17) is 9.47 Å². The fraction of sp³-hybridized carbons (Fsp3) is 0.333. The van der Waals surface area contributed by atoms with E-state index in [1.54, 1.807) is 19.2 Å². The van der Waals surface area contributed by atoms with E-state index < -0.39 is 5.97 Å². The summed E-state index contributed by atoms with van der Waals surface area (Å²) in [6.07, 6.45) is 0. The monoisotopic (exact) mass is 401 g/mol. The summed E-state index contributed by atoms with van der Waals surface area (Å²) in [7, 11) is 4.62. The highest BCUT2D eigenvalue weighted by Crippen LogP contribution is 2.22. The van der Waals surface area contributed by atoms with Gasteiger partial charge in [0, 0.05) is 30.3 Å². The third-order valence-electron chi connectivity index (χ3n) is 3.99. The fourth-order valence-electron chi connectivity index (χ4n) is 2.55. The molecule has 1 unspecified atom stereocenters. The number of aliphatic imine (C=N–C) groups is 1. The third kappa shape index (κ3) is 6.49. The number of guanidine groups is 1. The summed E-state index contributed by atoms with van der Waals surface area (Å²) in [5.41, 5.74) is 1.33. The van der Waals surface area contributed by atoms with Gasteiger partial charge in [-0.2, -0.15) is 0 Å². The first kappa shape index (κ1) is 21.6. The first-order chi connectivity index (χ1) is 13.6. The predicted molar refractivity (Wildman–Crippen MR) is 114 cm³/mol. The molecule has 0 aromatic heterocycles. The lowest BCUT2D eigenvalue weighted by Gasteiger charge is -2.16. The first-order valence-corrected chi connectivity index (χ1v) is 9.86. The normalized spacial score (nSPS) is 12.2. The Hall–Kier alpha value is -2.67. The van der Waals surface area contributed by atoms with E-state index in [2.05, 4.69) is 34.7 Å². The summed E-state index contributed by atoms with van der Waals surface area (Å²) in [4.78, 5) is 17.4. The summed E-state index contributed by atoms with van der Waals surface area (Å²) >= 11 is 1.81. The maximum atomic E-state index is 11.9. The zero-order valence-electron chi connectivity index (χ0n) is 16.7. The molecule has 2 N–H and O–H groups in total. The Labute approximate surface area is 170 Å². The molecule has 2 aromatic rings. The van der Waals surface area contributed by atoms with Crippen molar-refractivity contribution in [3.8, 4) is 5.75 Å². The highest BCUT2D eigenvalue weighted by molar-refractivity contribution is 8.00. The average Bonchev–Trinajstić information content (AvgIpc) is 2.73. The van der Waals surface area contributed by atoms with Gasteiger partial charge in [0.2, 0.25) is 0 Å². The van der Waals surface area contributed by atoms with Crippen LogP contribution in [0.3, 0.4) is 0 Å². The molecule has 0 amide bonds. The molecule has 2 aromatic carbocycles. The molecule has 0 aliphatic rings. The van der Waals surface area contributed by atoms with Crippen LogP contribution in [0.5, 0.6) is 5.75 Å². The smallest absolute Gasteiger partial charge is 0.341 e. The van der Waals surface area contributed by atoms with Gasteiger partial charge in [0.15, 0.2) is 5.96 Å². The summed E-state index contributed by atoms with van der Waals surface area (Å²) in [5.74, 6) is 0.772. The minimum absolute atomic E-state index is 0.382. The molecule has 28 heavy (non-hydrogen) atoms. The van der Waals surface area contributed by atoms with Crippen LogP contribution in [0.15, 0.2) is 58.4 Å². The van der Waals surface area contributed by atoms with Gasteiger partial charge < -0.3 is 20.1 Å². The van der Waals surface area contributed by atoms with Gasteiger partial charge in [0.1, 0.15) is 11.3 Å². The number of nitrogens with one attached hydrogen (secondary N) is 2. The maximum absolute atomic E-state index is 11.9. The minimum Gasteiger partial charge on any atom is -0.496 e. The molecular weight excluding hydrogens is 374 g/mol. The number of ether oxygens (including phenoxy) is 2. The van der Waals surface area contributed by atoms with Crippen molar-refractivity contribution in [3.05, 3.63) is 59.7 Å². The van der Waals surface area contributed by atoms with Crippen LogP contribution in [0.4, 0.5) is 0 Å². The molecule has 150 valence electrons. The Morgan fingerprint density at radius 1 is 1.14 bits per heavy atom. The highest BCUT2D eigenvalue weighted by atomic mass is 32.2. The van der Waals surface area contributed by atoms with Crippen molar-refractivity contribution in [3.63, 3.8) is 0 Å². The predicted octanol–water partition coefficient (Wildman–Crippen LogP) is 3.33. The van der Waals surface area contributed by atoms with Crippen molar-refractivity contribution in [1.82, 2.24) is 10.6 Å². The van der Waals surface area contributed by atoms with Crippen LogP contribution in [-0.4, -0.2) is 45.0 Å². The molecule has 0 heterocycles. The van der Waals surface area contributed by atoms with E-state index in [-0.39, 0.29) is 0 Å². The molecule has 6 nitrogen and oxygen atoms in total. The molecule has 0 fully saturated rings. The summed E-state index contributed by atoms with van der Waals surface area (Å²) in [6, 6.07) is 15.7. The lowest BCUT2D eigenvalue weighted by atomic mass is 10.1. The molecule has 0 aliphatic carbocycles. The molecule has 7 heteroatoms. The zero-order chi connectivity index (χ0) is 20.4. The molecule has 0 bridgehead atoms. The van der Waals surface area contributed by atoms with Crippen molar-refractivity contribution >= 4 is 23.7 Å². The Bertz CT molecular complexity index is 797. The molecule has 0 saturated heterocycles. The van der Waals surface area contributed by atoms with Crippen LogP contribution in [-0.2, 0) is 11.3 Å². The second-order valence-electron chi connectivity index (χ2n) is 6.07. The topological polar surface area (TPSA) is 72.0 Å². The van der Waals surface area contributed by atoms with Crippen LogP contribution in [0.1, 0.15) is 22.8 Å². The van der Waals surface area contributed by atoms with E-state index in [0.717, 1.165) is 12.1 Å². The second-order valence-corrected chi connectivity index (χ2v) is 7.59. The van der Waals surface area contributed by atoms with Gasteiger partial charge in [-0.15, -0.1) is 11.8 Å². The average molecular weight is 402 g/mol. The van der Waals surface area contributed by atoms with Gasteiger partial charge in [-0.1, -0.05) is 31.2 Å². The van der Waals surface area contributed by atoms with E-state index >= 15 is 0 Å². The standard InChI is InChI=1S/C21H27N3O3S/c1-15(28-17-8-6-5-7-9-17)13-23-21(22-2)24-14-16-10-11-19(26-3)18(12-16)20(25)27-4/h5-12,15H,13-14H2,1-4H3,(H2,22,23,24). The molecule has 0 radical (unpaired) electrons. The van der Waals surface area contributed by atoms with Crippen LogP contribution in [0.2, 0.25) is 0 Å².